The molecule has 0 aliphatic carbocycles. The third kappa shape index (κ3) is 4.70. The summed E-state index contributed by atoms with van der Waals surface area (Å²) in [6.07, 6.45) is 2.44. The summed E-state index contributed by atoms with van der Waals surface area (Å²) in [5.41, 5.74) is 0. The van der Waals surface area contributed by atoms with Crippen LogP contribution in [0, 0.1) is 0 Å². The van der Waals surface area contributed by atoms with Gasteiger partial charge in [0.15, 0.2) is 6.23 Å². The Morgan fingerprint density at radius 3 is 2.78 bits per heavy atom. The van der Waals surface area contributed by atoms with Crippen LogP contribution in [0.3, 0.4) is 0 Å². The number of aliphatic hydroxyl groups excluding tert-OH is 1. The third-order valence-corrected chi connectivity index (χ3v) is 5.25. The lowest BCUT2D eigenvalue weighted by Crippen LogP contribution is -2.35. The highest BCUT2D eigenvalue weighted by Gasteiger charge is 2.33. The minimum absolute atomic E-state index is 0.0218. The summed E-state index contributed by atoms with van der Waals surface area (Å²) in [5, 5.41) is 10.2. The molecule has 1 fully saturated rings. The molecule has 0 aromatic rings. The number of carbonyl (C=O) groups is 2. The van der Waals surface area contributed by atoms with Gasteiger partial charge in [0, 0.05) is 24.0 Å². The third-order valence-electron chi connectivity index (χ3n) is 2.57. The van der Waals surface area contributed by atoms with Crippen molar-refractivity contribution in [1.82, 2.24) is 5.06 Å². The van der Waals surface area contributed by atoms with Crippen molar-refractivity contribution in [3.8, 4) is 0 Å². The molecule has 0 spiro atoms. The van der Waals surface area contributed by atoms with Crippen LogP contribution in [0.25, 0.3) is 0 Å². The lowest BCUT2D eigenvalue weighted by atomic mass is 10.1. The molecule has 1 saturated heterocycles. The van der Waals surface area contributed by atoms with E-state index in [0.29, 0.717) is 12.8 Å². The highest BCUT2D eigenvalue weighted by Crippen LogP contribution is 2.37. The van der Waals surface area contributed by atoms with E-state index in [-0.39, 0.29) is 23.5 Å². The van der Waals surface area contributed by atoms with Crippen LogP contribution in [0.2, 0.25) is 0 Å². The topological polar surface area (TPSA) is 66.8 Å². The molecule has 1 N–H and O–H groups in total. The number of carbonyl (C=O) groups excluding carboxylic acids is 2. The van der Waals surface area contributed by atoms with Crippen LogP contribution in [0.15, 0.2) is 0 Å². The highest BCUT2D eigenvalue weighted by atomic mass is 33.1. The maximum absolute atomic E-state index is 11.6. The van der Waals surface area contributed by atoms with Gasteiger partial charge in [0.1, 0.15) is 0 Å². The smallest absolute Gasteiger partial charge is 0.332 e. The minimum Gasteiger partial charge on any atom is -0.370 e. The van der Waals surface area contributed by atoms with Crippen LogP contribution in [0.4, 0.5) is 0 Å². The van der Waals surface area contributed by atoms with Gasteiger partial charge in [-0.2, -0.15) is 0 Å². The Bertz CT molecular complexity index is 322. The molecule has 1 atom stereocenters. The minimum atomic E-state index is -0.991. The molecular formula is C11H19NO4S2. The molecule has 0 radical (unpaired) electrons. The lowest BCUT2D eigenvalue weighted by Gasteiger charge is -2.23. The van der Waals surface area contributed by atoms with Crippen LogP contribution in [0.5, 0.6) is 0 Å². The van der Waals surface area contributed by atoms with Gasteiger partial charge < -0.3 is 9.94 Å². The molecule has 18 heavy (non-hydrogen) atoms. The van der Waals surface area contributed by atoms with Crippen molar-refractivity contribution in [3.05, 3.63) is 0 Å². The Hall–Kier alpha value is -0.400. The van der Waals surface area contributed by atoms with Gasteiger partial charge in [-0.3, -0.25) is 4.79 Å². The summed E-state index contributed by atoms with van der Waals surface area (Å²) in [6, 6.07) is 0. The first-order valence-corrected chi connectivity index (χ1v) is 8.34. The van der Waals surface area contributed by atoms with E-state index in [9.17, 15) is 14.7 Å². The van der Waals surface area contributed by atoms with Gasteiger partial charge in [0.2, 0.25) is 0 Å². The van der Waals surface area contributed by atoms with Gasteiger partial charge in [-0.15, -0.1) is 5.06 Å². The van der Waals surface area contributed by atoms with E-state index in [1.54, 1.807) is 21.6 Å². The Morgan fingerprint density at radius 2 is 2.28 bits per heavy atom. The molecule has 1 rings (SSSR count). The molecule has 104 valence electrons. The van der Waals surface area contributed by atoms with Gasteiger partial charge in [-0.25, -0.2) is 4.79 Å². The van der Waals surface area contributed by atoms with Crippen LogP contribution < -0.4 is 0 Å². The maximum atomic E-state index is 11.6. The number of nitrogens with zero attached hydrogens (tertiary/aromatic N) is 1. The van der Waals surface area contributed by atoms with E-state index in [2.05, 4.69) is 13.8 Å². The quantitative estimate of drug-likeness (QED) is 0.755. The fourth-order valence-electron chi connectivity index (χ4n) is 1.58. The molecule has 0 aromatic carbocycles. The van der Waals surface area contributed by atoms with Gasteiger partial charge in [-0.05, 0) is 26.5 Å². The first-order valence-electron chi connectivity index (χ1n) is 5.78. The Balaban J connectivity index is 2.36. The molecule has 0 saturated carbocycles. The van der Waals surface area contributed by atoms with Crippen molar-refractivity contribution in [2.75, 3.05) is 6.26 Å². The van der Waals surface area contributed by atoms with E-state index in [0.717, 1.165) is 5.06 Å². The first-order chi connectivity index (χ1) is 8.35. The fraction of sp³-hybridized carbons (Fsp3) is 0.818. The average molecular weight is 293 g/mol. The van der Waals surface area contributed by atoms with Gasteiger partial charge >= 0.3 is 5.97 Å². The van der Waals surface area contributed by atoms with Crippen LogP contribution >= 0.6 is 21.6 Å². The van der Waals surface area contributed by atoms with E-state index >= 15 is 0 Å². The molecule has 5 nitrogen and oxygen atoms in total. The van der Waals surface area contributed by atoms with Crippen molar-refractivity contribution in [3.63, 3.8) is 0 Å². The zero-order chi connectivity index (χ0) is 13.8. The van der Waals surface area contributed by atoms with E-state index in [1.165, 1.54) is 0 Å². The molecule has 1 amide bonds. The van der Waals surface area contributed by atoms with Crippen molar-refractivity contribution in [2.45, 2.75) is 50.5 Å². The summed E-state index contributed by atoms with van der Waals surface area (Å²) in [4.78, 5) is 27.8. The second-order valence-electron chi connectivity index (χ2n) is 4.71. The maximum Gasteiger partial charge on any atom is 0.332 e. The van der Waals surface area contributed by atoms with E-state index in [4.69, 9.17) is 4.84 Å². The van der Waals surface area contributed by atoms with Crippen molar-refractivity contribution in [2.24, 2.45) is 0 Å². The number of hydroxylamine groups is 2. The highest BCUT2D eigenvalue weighted by molar-refractivity contribution is 8.76. The molecular weight excluding hydrogens is 274 g/mol. The number of amides is 1. The largest absolute Gasteiger partial charge is 0.370 e. The zero-order valence-corrected chi connectivity index (χ0v) is 12.5. The second-order valence-corrected chi connectivity index (χ2v) is 7.82. The summed E-state index contributed by atoms with van der Waals surface area (Å²) in [7, 11) is 3.35. The zero-order valence-electron chi connectivity index (χ0n) is 10.8. The van der Waals surface area contributed by atoms with Gasteiger partial charge in [-0.1, -0.05) is 21.6 Å². The Morgan fingerprint density at radius 1 is 1.61 bits per heavy atom. The molecule has 0 aromatic heterocycles. The van der Waals surface area contributed by atoms with Crippen molar-refractivity contribution < 1.29 is 19.5 Å². The normalized spacial score (nSPS) is 20.3. The number of rotatable bonds is 6. The average Bonchev–Trinajstić information content (AvgIpc) is 2.58. The predicted molar refractivity (Wildman–Crippen MR) is 72.6 cm³/mol. The molecule has 0 bridgehead atoms. The number of hydrogen-bond donors (Lipinski definition) is 1. The number of aliphatic hydroxyl groups is 1. The van der Waals surface area contributed by atoms with Crippen molar-refractivity contribution >= 4 is 33.5 Å². The molecule has 1 unspecified atom stereocenters. The summed E-state index contributed by atoms with van der Waals surface area (Å²) >= 11 is 0. The lowest BCUT2D eigenvalue weighted by molar-refractivity contribution is -0.220. The molecule has 1 aliphatic heterocycles. The second kappa shape index (κ2) is 6.68. The number of hydrogen-bond acceptors (Lipinski definition) is 6. The van der Waals surface area contributed by atoms with Crippen LogP contribution in [0.1, 0.15) is 39.5 Å². The summed E-state index contributed by atoms with van der Waals surface area (Å²) in [5.74, 6) is -0.812. The summed E-state index contributed by atoms with van der Waals surface area (Å²) < 4.78 is -0.0218. The fourth-order valence-corrected chi connectivity index (χ4v) is 3.82. The van der Waals surface area contributed by atoms with Gasteiger partial charge in [0.05, 0.1) is 0 Å². The summed E-state index contributed by atoms with van der Waals surface area (Å²) in [6.45, 7) is 4.11. The standard InChI is InChI=1S/C11H19NO4S2/c1-11(2,18-17-3)7-6-10(15)16-12-8(13)4-5-9(12)14/h8,13H,4-7H2,1-3H3. The first kappa shape index (κ1) is 15.7. The van der Waals surface area contributed by atoms with Gasteiger partial charge in [0.25, 0.3) is 5.91 Å². The Kier molecular flexibility index (Phi) is 5.81. The van der Waals surface area contributed by atoms with Crippen LogP contribution in [-0.2, 0) is 14.4 Å². The van der Waals surface area contributed by atoms with E-state index in [1.807, 2.05) is 6.26 Å². The monoisotopic (exact) mass is 293 g/mol. The van der Waals surface area contributed by atoms with Crippen molar-refractivity contribution in [1.29, 1.82) is 0 Å². The SMILES string of the molecule is CSSC(C)(C)CCC(=O)ON1C(=O)CCC1O. The molecule has 1 heterocycles. The van der Waals surface area contributed by atoms with E-state index < -0.39 is 12.2 Å². The molecule has 1 aliphatic rings. The van der Waals surface area contributed by atoms with Crippen LogP contribution in [-0.4, -0.2) is 39.3 Å². The Labute approximate surface area is 115 Å². The predicted octanol–water partition coefficient (Wildman–Crippen LogP) is 1.96. The molecule has 7 heteroatoms.